The van der Waals surface area contributed by atoms with Crippen LogP contribution in [0.2, 0.25) is 0 Å². The van der Waals surface area contributed by atoms with E-state index in [0.29, 0.717) is 0 Å². The minimum Gasteiger partial charge on any atom is -0.480 e. The number of carbonyl (C=O) groups excluding carboxylic acids is 6. The van der Waals surface area contributed by atoms with E-state index >= 15 is 0 Å². The molecule has 7 atom stereocenters. The van der Waals surface area contributed by atoms with Crippen molar-refractivity contribution in [1.82, 2.24) is 21.3 Å². The third-order valence-corrected chi connectivity index (χ3v) is 5.50. The molecule has 0 aliphatic carbocycles. The van der Waals surface area contributed by atoms with Crippen LogP contribution in [0.25, 0.3) is 0 Å². The molecule has 0 aliphatic rings. The maximum atomic E-state index is 12.5. The van der Waals surface area contributed by atoms with Gasteiger partial charge >= 0.3 is 5.97 Å². The molecule has 0 saturated carbocycles. The van der Waals surface area contributed by atoms with E-state index in [1.165, 1.54) is 27.7 Å². The number of amides is 5. The van der Waals surface area contributed by atoms with Crippen molar-refractivity contribution in [2.75, 3.05) is 13.2 Å². The van der Waals surface area contributed by atoms with Crippen molar-refractivity contribution >= 4 is 41.8 Å². The highest BCUT2D eigenvalue weighted by molar-refractivity contribution is 5.92. The van der Waals surface area contributed by atoms with Crippen LogP contribution < -0.4 is 27.0 Å². The fourth-order valence-electron chi connectivity index (χ4n) is 3.02. The number of nitrogens with one attached hydrogen (secondary N) is 4. The third-order valence-electron chi connectivity index (χ3n) is 5.50. The average molecular weight is 578 g/mol. The molecule has 5 amide bonds. The predicted molar refractivity (Wildman–Crippen MR) is 135 cm³/mol. The summed E-state index contributed by atoms with van der Waals surface area (Å²) in [7, 11) is 0. The average Bonchev–Trinajstić information content (AvgIpc) is 2.88. The topological polar surface area (TPSA) is 284 Å². The quantitative estimate of drug-likeness (QED) is 0.0654. The monoisotopic (exact) mass is 577 g/mol. The number of carboxylic acids is 1. The first-order valence-electron chi connectivity index (χ1n) is 12.3. The van der Waals surface area contributed by atoms with Gasteiger partial charge in [0, 0.05) is 12.3 Å². The molecule has 17 nitrogen and oxygen atoms in total. The second kappa shape index (κ2) is 17.8. The molecule has 0 heterocycles. The zero-order chi connectivity index (χ0) is 31.2. The summed E-state index contributed by atoms with van der Waals surface area (Å²) in [5.41, 5.74) is 5.25. The second-order valence-corrected chi connectivity index (χ2v) is 9.26. The number of primary amides is 1. The maximum absolute atomic E-state index is 12.5. The van der Waals surface area contributed by atoms with Crippen LogP contribution in [0.4, 0.5) is 0 Å². The molecule has 228 valence electrons. The van der Waals surface area contributed by atoms with E-state index in [9.17, 15) is 43.8 Å². The van der Waals surface area contributed by atoms with Gasteiger partial charge in [-0.25, -0.2) is 0 Å². The Bertz CT molecular complexity index is 915. The highest BCUT2D eigenvalue weighted by atomic mass is 16.5. The molecule has 0 aliphatic heterocycles. The summed E-state index contributed by atoms with van der Waals surface area (Å²) in [6, 6.07) is -5.28. The number of ether oxygens (including phenoxy) is 1. The third kappa shape index (κ3) is 12.9. The van der Waals surface area contributed by atoms with Gasteiger partial charge in [0.05, 0.1) is 6.61 Å². The van der Waals surface area contributed by atoms with Crippen molar-refractivity contribution in [1.29, 1.82) is 0 Å². The molecule has 0 spiro atoms. The number of aldehydes is 1. The lowest BCUT2D eigenvalue weighted by Crippen LogP contribution is -2.56. The van der Waals surface area contributed by atoms with E-state index in [4.69, 9.17) is 20.7 Å². The zero-order valence-corrected chi connectivity index (χ0v) is 22.7. The minimum atomic E-state index is -1.90. The van der Waals surface area contributed by atoms with Gasteiger partial charge < -0.3 is 57.0 Å². The van der Waals surface area contributed by atoms with Crippen molar-refractivity contribution in [2.24, 2.45) is 11.7 Å². The fraction of sp³-hybridized carbons (Fsp3) is 0.696. The van der Waals surface area contributed by atoms with Crippen LogP contribution in [0, 0.1) is 5.92 Å². The Morgan fingerprint density at radius 2 is 1.45 bits per heavy atom. The predicted octanol–water partition coefficient (Wildman–Crippen LogP) is -4.73. The first-order valence-corrected chi connectivity index (χ1v) is 12.3. The largest absolute Gasteiger partial charge is 0.480 e. The lowest BCUT2D eigenvalue weighted by Gasteiger charge is -2.30. The van der Waals surface area contributed by atoms with Crippen LogP contribution in [0.15, 0.2) is 0 Å². The number of aliphatic carboxylic acids is 1. The Kier molecular flexibility index (Phi) is 16.2. The Hall–Kier alpha value is -3.67. The molecule has 0 radical (unpaired) electrons. The van der Waals surface area contributed by atoms with E-state index in [1.54, 1.807) is 0 Å². The molecule has 0 aromatic rings. The molecule has 0 bridgehead atoms. The maximum Gasteiger partial charge on any atom is 0.325 e. The van der Waals surface area contributed by atoms with Crippen LogP contribution in [0.3, 0.4) is 0 Å². The van der Waals surface area contributed by atoms with Gasteiger partial charge in [0.25, 0.3) is 0 Å². The fourth-order valence-corrected chi connectivity index (χ4v) is 3.02. The number of aliphatic hydroxyl groups excluding tert-OH is 3. The molecular weight excluding hydrogens is 538 g/mol. The van der Waals surface area contributed by atoms with E-state index < -0.39 is 97.1 Å². The van der Waals surface area contributed by atoms with Gasteiger partial charge in [-0.05, 0) is 20.3 Å². The molecule has 0 saturated heterocycles. The summed E-state index contributed by atoms with van der Waals surface area (Å²) in [4.78, 5) is 82.8. The Balaban J connectivity index is 5.17. The molecule has 10 N–H and O–H groups in total. The molecule has 0 aromatic carbocycles. The van der Waals surface area contributed by atoms with Gasteiger partial charge in [0.15, 0.2) is 0 Å². The van der Waals surface area contributed by atoms with Crippen molar-refractivity contribution < 1.29 is 58.7 Å². The molecule has 17 heteroatoms. The number of nitrogens with two attached hydrogens (primary N) is 1. The zero-order valence-electron chi connectivity index (χ0n) is 22.7. The van der Waals surface area contributed by atoms with E-state index in [1.807, 2.05) is 0 Å². The van der Waals surface area contributed by atoms with Crippen LogP contribution in [-0.4, -0.2) is 118 Å². The lowest BCUT2D eigenvalue weighted by molar-refractivity contribution is -0.147. The van der Waals surface area contributed by atoms with Crippen molar-refractivity contribution in [3.63, 3.8) is 0 Å². The smallest absolute Gasteiger partial charge is 0.325 e. The number of hydrogen-bond acceptors (Lipinski definition) is 11. The number of carboxylic acid groups (broad SMARTS) is 1. The van der Waals surface area contributed by atoms with Gasteiger partial charge in [0.1, 0.15) is 55.4 Å². The van der Waals surface area contributed by atoms with Gasteiger partial charge in [-0.15, -0.1) is 0 Å². The van der Waals surface area contributed by atoms with Crippen molar-refractivity contribution in [2.45, 2.75) is 83.0 Å². The van der Waals surface area contributed by atoms with Crippen LogP contribution in [0.5, 0.6) is 0 Å². The highest BCUT2D eigenvalue weighted by Crippen LogP contribution is 2.10. The van der Waals surface area contributed by atoms with Crippen LogP contribution in [-0.2, 0) is 38.3 Å². The Morgan fingerprint density at radius 3 is 1.93 bits per heavy atom. The van der Waals surface area contributed by atoms with Crippen molar-refractivity contribution in [3.8, 4) is 0 Å². The summed E-state index contributed by atoms with van der Waals surface area (Å²) in [6.45, 7) is 3.76. The lowest BCUT2D eigenvalue weighted by atomic mass is 10.0. The number of aliphatic hydroxyl groups is 3. The van der Waals surface area contributed by atoms with Gasteiger partial charge in [-0.1, -0.05) is 13.8 Å². The summed E-state index contributed by atoms with van der Waals surface area (Å²) >= 11 is 0. The molecule has 0 fully saturated rings. The first kappa shape index (κ1) is 36.3. The first-order chi connectivity index (χ1) is 18.5. The highest BCUT2D eigenvalue weighted by Gasteiger charge is 2.35. The minimum absolute atomic E-state index is 0.221. The summed E-state index contributed by atoms with van der Waals surface area (Å²) in [5.74, 6) is -5.92. The molecular formula is C23H39N5O12. The molecule has 0 rings (SSSR count). The molecule has 3 unspecified atom stereocenters. The summed E-state index contributed by atoms with van der Waals surface area (Å²) in [6.07, 6.45) is -5.71. The number of carbonyl (C=O) groups is 7. The Labute approximate surface area is 230 Å². The molecule has 40 heavy (non-hydrogen) atoms. The second-order valence-electron chi connectivity index (χ2n) is 9.26. The molecule has 0 aromatic heterocycles. The van der Waals surface area contributed by atoms with Crippen LogP contribution in [0.1, 0.15) is 40.5 Å². The standard InChI is InChI=1S/C23H39N5O12/c1-10(2)21(36)28-14(7-29)19(18(34)15(31)8-30)40-9-17(33)25-11(3)22(37)27-13(20(24)35)5-6-16(32)26-12(4)23(38)39/h7,10-15,18-19,30-31,34H,5-6,8-9H2,1-4H3,(H2,24,35)(H,25,33)(H,26,32)(H,27,37)(H,28,36)(H,38,39)/t11?,12?,13?,14-,15+,18+,19+/m0/s1. The van der Waals surface area contributed by atoms with Gasteiger partial charge in [0.2, 0.25) is 29.5 Å². The number of rotatable bonds is 19. The summed E-state index contributed by atoms with van der Waals surface area (Å²) in [5, 5.41) is 47.0. The van der Waals surface area contributed by atoms with E-state index in [0.717, 1.165) is 0 Å². The Morgan fingerprint density at radius 1 is 0.875 bits per heavy atom. The SMILES string of the molecule is CC(C)C(=O)N[C@@H](C=O)[C@@H](OCC(=O)NC(C)C(=O)NC(CCC(=O)NC(C)C(=O)O)C(N)=O)[C@H](O)[C@H](O)CO. The van der Waals surface area contributed by atoms with Crippen molar-refractivity contribution in [3.05, 3.63) is 0 Å². The van der Waals surface area contributed by atoms with Gasteiger partial charge in [-0.3, -0.25) is 28.8 Å². The van der Waals surface area contributed by atoms with Crippen LogP contribution >= 0.6 is 0 Å². The number of hydrogen-bond donors (Lipinski definition) is 9. The van der Waals surface area contributed by atoms with E-state index in [2.05, 4.69) is 21.3 Å². The van der Waals surface area contributed by atoms with Gasteiger partial charge in [-0.2, -0.15) is 0 Å². The normalized spacial score (nSPS) is 16.3. The summed E-state index contributed by atoms with van der Waals surface area (Å²) < 4.78 is 5.26. The van der Waals surface area contributed by atoms with E-state index in [-0.39, 0.29) is 19.1 Å².